The van der Waals surface area contributed by atoms with Crippen LogP contribution in [0.15, 0.2) is 17.9 Å². The third-order valence-corrected chi connectivity index (χ3v) is 3.17. The van der Waals surface area contributed by atoms with E-state index in [0.29, 0.717) is 11.6 Å². The van der Waals surface area contributed by atoms with Crippen molar-refractivity contribution in [2.24, 2.45) is 0 Å². The second-order valence-corrected chi connectivity index (χ2v) is 4.79. The minimum absolute atomic E-state index is 0.138. The standard InChI is InChI=1S/C12H13N5S/c1-9(4-5-13)17-6-10(15-8-17)2-3-11-7-18-12(14)16-11/h2-3,6-9H,4H2,1H3,(H2,14,16)/b3-2+. The second kappa shape index (κ2) is 5.47. The van der Waals surface area contributed by atoms with E-state index in [4.69, 9.17) is 11.0 Å². The number of anilines is 1. The molecule has 92 valence electrons. The predicted molar refractivity (Wildman–Crippen MR) is 72.6 cm³/mol. The molecule has 2 rings (SSSR count). The zero-order chi connectivity index (χ0) is 13.0. The molecule has 18 heavy (non-hydrogen) atoms. The van der Waals surface area contributed by atoms with E-state index in [1.807, 2.05) is 35.2 Å². The van der Waals surface area contributed by atoms with Gasteiger partial charge in [-0.05, 0) is 19.1 Å². The van der Waals surface area contributed by atoms with E-state index < -0.39 is 0 Å². The third-order valence-electron chi connectivity index (χ3n) is 2.48. The molecule has 0 aliphatic carbocycles. The number of nitrogens with two attached hydrogens (primary N) is 1. The zero-order valence-electron chi connectivity index (χ0n) is 9.95. The Morgan fingerprint density at radius 3 is 3.00 bits per heavy atom. The Balaban J connectivity index is 2.07. The number of aromatic nitrogens is 3. The number of hydrogen-bond donors (Lipinski definition) is 1. The molecular weight excluding hydrogens is 246 g/mol. The predicted octanol–water partition coefficient (Wildman–Crippen LogP) is 2.57. The lowest BCUT2D eigenvalue weighted by molar-refractivity contribution is 0.559. The Morgan fingerprint density at radius 1 is 1.56 bits per heavy atom. The first-order valence-electron chi connectivity index (χ1n) is 5.48. The largest absolute Gasteiger partial charge is 0.375 e. The van der Waals surface area contributed by atoms with Crippen molar-refractivity contribution >= 4 is 28.6 Å². The number of nitrogen functional groups attached to an aromatic ring is 1. The fraction of sp³-hybridized carbons (Fsp3) is 0.250. The van der Waals surface area contributed by atoms with Crippen LogP contribution in [0.5, 0.6) is 0 Å². The van der Waals surface area contributed by atoms with Crippen LogP contribution in [0.25, 0.3) is 12.2 Å². The quantitative estimate of drug-likeness (QED) is 0.915. The highest BCUT2D eigenvalue weighted by molar-refractivity contribution is 7.13. The maximum absolute atomic E-state index is 8.64. The first kappa shape index (κ1) is 12.3. The maximum atomic E-state index is 8.64. The molecule has 1 unspecified atom stereocenters. The van der Waals surface area contributed by atoms with Gasteiger partial charge in [-0.3, -0.25) is 0 Å². The topological polar surface area (TPSA) is 80.5 Å². The molecule has 0 aromatic carbocycles. The monoisotopic (exact) mass is 259 g/mol. The summed E-state index contributed by atoms with van der Waals surface area (Å²) in [6.07, 6.45) is 7.87. The summed E-state index contributed by atoms with van der Waals surface area (Å²) in [5.41, 5.74) is 7.22. The Morgan fingerprint density at radius 2 is 2.33 bits per heavy atom. The first-order chi connectivity index (χ1) is 8.69. The van der Waals surface area contributed by atoms with E-state index >= 15 is 0 Å². The average molecular weight is 259 g/mol. The zero-order valence-corrected chi connectivity index (χ0v) is 10.8. The van der Waals surface area contributed by atoms with Gasteiger partial charge >= 0.3 is 0 Å². The summed E-state index contributed by atoms with van der Waals surface area (Å²) in [5.74, 6) is 0. The van der Waals surface area contributed by atoms with Crippen molar-refractivity contribution in [3.05, 3.63) is 29.3 Å². The van der Waals surface area contributed by atoms with Crippen molar-refractivity contribution in [1.29, 1.82) is 5.26 Å². The maximum Gasteiger partial charge on any atom is 0.180 e. The number of thiazole rings is 1. The lowest BCUT2D eigenvalue weighted by Gasteiger charge is -2.06. The van der Waals surface area contributed by atoms with Crippen LogP contribution in [0.1, 0.15) is 30.8 Å². The lowest BCUT2D eigenvalue weighted by atomic mass is 10.2. The highest BCUT2D eigenvalue weighted by Gasteiger charge is 2.04. The van der Waals surface area contributed by atoms with Crippen LogP contribution in [0.3, 0.4) is 0 Å². The van der Waals surface area contributed by atoms with E-state index in [2.05, 4.69) is 16.0 Å². The van der Waals surface area contributed by atoms with Crippen LogP contribution >= 0.6 is 11.3 Å². The summed E-state index contributed by atoms with van der Waals surface area (Å²) in [5, 5.41) is 11.1. The molecule has 6 heteroatoms. The van der Waals surface area contributed by atoms with E-state index in [0.717, 1.165) is 11.4 Å². The highest BCUT2D eigenvalue weighted by atomic mass is 32.1. The van der Waals surface area contributed by atoms with Crippen molar-refractivity contribution in [3.63, 3.8) is 0 Å². The molecule has 2 N–H and O–H groups in total. The molecule has 2 heterocycles. The molecule has 0 radical (unpaired) electrons. The van der Waals surface area contributed by atoms with Gasteiger partial charge in [0.15, 0.2) is 5.13 Å². The van der Waals surface area contributed by atoms with Crippen molar-refractivity contribution in [1.82, 2.24) is 14.5 Å². The minimum atomic E-state index is 0.138. The Bertz CT molecular complexity index is 590. The Hall–Kier alpha value is -2.13. The Kier molecular flexibility index (Phi) is 3.75. The summed E-state index contributed by atoms with van der Waals surface area (Å²) in [7, 11) is 0. The van der Waals surface area contributed by atoms with Crippen LogP contribution in [0, 0.1) is 11.3 Å². The van der Waals surface area contributed by atoms with Gasteiger partial charge in [0, 0.05) is 17.6 Å². The third kappa shape index (κ3) is 2.96. The van der Waals surface area contributed by atoms with E-state index in [-0.39, 0.29) is 6.04 Å². The van der Waals surface area contributed by atoms with Crippen LogP contribution in [0.2, 0.25) is 0 Å². The second-order valence-electron chi connectivity index (χ2n) is 3.90. The summed E-state index contributed by atoms with van der Waals surface area (Å²) >= 11 is 1.41. The van der Waals surface area contributed by atoms with Gasteiger partial charge in [-0.2, -0.15) is 5.26 Å². The normalized spacial score (nSPS) is 12.7. The summed E-state index contributed by atoms with van der Waals surface area (Å²) in [6.45, 7) is 1.99. The number of rotatable bonds is 4. The molecule has 2 aromatic heterocycles. The molecule has 0 aliphatic heterocycles. The molecule has 0 saturated heterocycles. The van der Waals surface area contributed by atoms with Crippen LogP contribution in [-0.4, -0.2) is 14.5 Å². The minimum Gasteiger partial charge on any atom is -0.375 e. The van der Waals surface area contributed by atoms with Crippen molar-refractivity contribution in [2.75, 3.05) is 5.73 Å². The molecule has 0 aliphatic rings. The first-order valence-corrected chi connectivity index (χ1v) is 6.36. The van der Waals surface area contributed by atoms with Gasteiger partial charge in [0.2, 0.25) is 0 Å². The van der Waals surface area contributed by atoms with Crippen molar-refractivity contribution in [3.8, 4) is 6.07 Å². The van der Waals surface area contributed by atoms with E-state index in [9.17, 15) is 0 Å². The number of nitriles is 1. The van der Waals surface area contributed by atoms with Crippen LogP contribution in [-0.2, 0) is 0 Å². The lowest BCUT2D eigenvalue weighted by Crippen LogP contribution is -2.00. The van der Waals surface area contributed by atoms with Crippen molar-refractivity contribution < 1.29 is 0 Å². The summed E-state index contributed by atoms with van der Waals surface area (Å²) in [6, 6.07) is 2.29. The van der Waals surface area contributed by atoms with Gasteiger partial charge in [-0.1, -0.05) is 0 Å². The van der Waals surface area contributed by atoms with E-state index in [1.165, 1.54) is 11.3 Å². The molecule has 2 aromatic rings. The summed E-state index contributed by atoms with van der Waals surface area (Å²) < 4.78 is 1.93. The SMILES string of the molecule is CC(CC#N)n1cnc(/C=C/c2csc(N)n2)c1. The Labute approximate surface area is 109 Å². The summed E-state index contributed by atoms with van der Waals surface area (Å²) in [4.78, 5) is 8.38. The van der Waals surface area contributed by atoms with Crippen LogP contribution < -0.4 is 5.73 Å². The van der Waals surface area contributed by atoms with Crippen LogP contribution in [0.4, 0.5) is 5.13 Å². The highest BCUT2D eigenvalue weighted by Crippen LogP contribution is 2.15. The molecule has 5 nitrogen and oxygen atoms in total. The number of nitrogens with zero attached hydrogens (tertiary/aromatic N) is 4. The van der Waals surface area contributed by atoms with E-state index in [1.54, 1.807) is 6.33 Å². The average Bonchev–Trinajstić information content (AvgIpc) is 2.95. The van der Waals surface area contributed by atoms with Gasteiger partial charge in [0.25, 0.3) is 0 Å². The molecule has 1 atom stereocenters. The molecule has 0 amide bonds. The van der Waals surface area contributed by atoms with Gasteiger partial charge < -0.3 is 10.3 Å². The smallest absolute Gasteiger partial charge is 0.180 e. The fourth-order valence-corrected chi connectivity index (χ4v) is 2.00. The number of hydrogen-bond acceptors (Lipinski definition) is 5. The van der Waals surface area contributed by atoms with Gasteiger partial charge in [-0.15, -0.1) is 11.3 Å². The molecule has 0 spiro atoms. The fourth-order valence-electron chi connectivity index (χ4n) is 1.47. The molecule has 0 fully saturated rings. The van der Waals surface area contributed by atoms with Gasteiger partial charge in [0.05, 0.1) is 30.2 Å². The van der Waals surface area contributed by atoms with Crippen molar-refractivity contribution in [2.45, 2.75) is 19.4 Å². The van der Waals surface area contributed by atoms with Gasteiger partial charge in [-0.25, -0.2) is 9.97 Å². The van der Waals surface area contributed by atoms with Gasteiger partial charge in [0.1, 0.15) is 0 Å². The molecule has 0 saturated carbocycles. The molecule has 0 bridgehead atoms. The molecular formula is C12H13N5S. The number of imidazole rings is 1.